The van der Waals surface area contributed by atoms with Crippen LogP contribution in [0.25, 0.3) is 0 Å². The summed E-state index contributed by atoms with van der Waals surface area (Å²) in [5.74, 6) is -3.90. The molecule has 736 valence electrons. The van der Waals surface area contributed by atoms with Crippen LogP contribution in [0.3, 0.4) is 0 Å². The molecule has 4 heterocycles. The van der Waals surface area contributed by atoms with E-state index in [4.69, 9.17) is 39.3 Å². The van der Waals surface area contributed by atoms with E-state index >= 15 is 0 Å². The number of carbonyl (C=O) groups is 10. The van der Waals surface area contributed by atoms with Crippen LogP contribution in [0, 0.1) is 53.3 Å². The Morgan fingerprint density at radius 2 is 0.892 bits per heavy atom. The summed E-state index contributed by atoms with van der Waals surface area (Å²) >= 11 is 3.02. The number of aromatic nitrogens is 2. The number of carboxylic acids is 1. The predicted molar refractivity (Wildman–Crippen MR) is 516 cm³/mol. The summed E-state index contributed by atoms with van der Waals surface area (Å²) in [4.78, 5) is 153. The van der Waals surface area contributed by atoms with Crippen LogP contribution in [-0.2, 0) is 89.2 Å². The lowest BCUT2D eigenvalue weighted by Crippen LogP contribution is -2.56. The second kappa shape index (κ2) is 57.1. The van der Waals surface area contributed by atoms with E-state index in [1.807, 2.05) is 204 Å². The summed E-state index contributed by atoms with van der Waals surface area (Å²) in [6.07, 6.45) is 8.98. The minimum Gasteiger partial charge on any atom is -0.480 e. The molecule has 2 fully saturated rings. The Balaban J connectivity index is 0.000000572. The Bertz CT molecular complexity index is 4000. The number of hydrogen-bond acceptors (Lipinski definition) is 23. The molecule has 0 spiro atoms. The van der Waals surface area contributed by atoms with Gasteiger partial charge in [0.1, 0.15) is 27.3 Å². The number of aliphatic carboxylic acids is 1. The average molecular weight is 1860 g/mol. The summed E-state index contributed by atoms with van der Waals surface area (Å²) in [5, 5.41) is 21.1. The number of nitrogens with zero attached hydrogens (tertiary/aromatic N) is 8. The Hall–Kier alpha value is -7.68. The van der Waals surface area contributed by atoms with E-state index in [0.29, 0.717) is 64.7 Å². The van der Waals surface area contributed by atoms with E-state index in [2.05, 4.69) is 48.3 Å². The van der Waals surface area contributed by atoms with Gasteiger partial charge in [0.25, 0.3) is 0 Å². The molecule has 6 amide bonds. The number of benzene rings is 2. The van der Waals surface area contributed by atoms with Crippen molar-refractivity contribution < 1.29 is 81.5 Å². The number of nitrogens with two attached hydrogens (primary N) is 1. The molecule has 30 heteroatoms. The van der Waals surface area contributed by atoms with Crippen LogP contribution < -0.4 is 16.4 Å². The minimum absolute atomic E-state index is 0. The number of esters is 2. The number of carbonyl (C=O) groups excluding carboxylic acids is 9. The smallest absolute Gasteiger partial charge is 0.321 e. The molecule has 4 aromatic rings. The largest absolute Gasteiger partial charge is 0.480 e. The third-order valence-electron chi connectivity index (χ3n) is 25.2. The van der Waals surface area contributed by atoms with Crippen LogP contribution in [-0.4, -0.2) is 264 Å². The highest BCUT2D eigenvalue weighted by Crippen LogP contribution is 2.35. The molecule has 0 unspecified atom stereocenters. The summed E-state index contributed by atoms with van der Waals surface area (Å²) in [7, 11) is 13.6. The number of amides is 6. The number of rotatable bonds is 50. The SMILES string of the molecule is C.CC(C)[C@@H](C(=O)O)N(C)CCCC(=O)OC(C)(C)C.CC[C@H](C)[C@@H]([C@@H](CC(=O)N1CCC[C@H]1[C@H](OC)[C@@H](C)C(=O)N[C@@H](Cc1ccccc1)c1nccs1)OC)N(C)C(=O)[C@@H](CC(=O)[C@H](C(C)C)N(C)CCCC(=O)OC(C)(C)C)C(C)C.CC[C@H](C)[C@@H]([C@@H](CC(=O)N1CCC[C@H]1[C@H](OC)[C@@H](C)C(=O)N[C@@H](Cc1ccccc1)c1nccs1)OC)N(C)C(=O)[C@@H](N)C(C)C. The number of ketones is 1. The Labute approximate surface area is 787 Å². The van der Waals surface area contributed by atoms with E-state index in [-0.39, 0.29) is 152 Å². The van der Waals surface area contributed by atoms with Gasteiger partial charge in [0.2, 0.25) is 35.4 Å². The molecule has 18 atom stereocenters. The van der Waals surface area contributed by atoms with Crippen molar-refractivity contribution in [2.45, 2.75) is 332 Å². The Morgan fingerprint density at radius 1 is 0.523 bits per heavy atom. The second-order valence-electron chi connectivity index (χ2n) is 38.8. The summed E-state index contributed by atoms with van der Waals surface area (Å²) in [6, 6.07) is 16.5. The van der Waals surface area contributed by atoms with Crippen molar-refractivity contribution in [2.75, 3.05) is 82.8 Å². The molecule has 2 aliphatic rings. The van der Waals surface area contributed by atoms with Crippen molar-refractivity contribution in [1.29, 1.82) is 0 Å². The van der Waals surface area contributed by atoms with Crippen molar-refractivity contribution >= 4 is 81.8 Å². The highest BCUT2D eigenvalue weighted by atomic mass is 32.1. The van der Waals surface area contributed by atoms with Crippen molar-refractivity contribution in [3.63, 3.8) is 0 Å². The molecule has 0 radical (unpaired) electrons. The Morgan fingerprint density at radius 3 is 1.20 bits per heavy atom. The molecule has 2 aliphatic heterocycles. The van der Waals surface area contributed by atoms with Crippen LogP contribution in [0.4, 0.5) is 0 Å². The van der Waals surface area contributed by atoms with Gasteiger partial charge in [-0.15, -0.1) is 22.7 Å². The summed E-state index contributed by atoms with van der Waals surface area (Å²) < 4.78 is 34.8. The lowest BCUT2D eigenvalue weighted by Gasteiger charge is -2.41. The first-order valence-electron chi connectivity index (χ1n) is 46.7. The molecule has 0 bridgehead atoms. The number of likely N-dealkylation sites (tertiary alicyclic amines) is 2. The fourth-order valence-corrected chi connectivity index (χ4v) is 19.4. The van der Waals surface area contributed by atoms with E-state index in [0.717, 1.165) is 53.2 Å². The van der Waals surface area contributed by atoms with Gasteiger partial charge in [0.05, 0.1) is 97.4 Å². The average Bonchev–Trinajstić information content (AvgIpc) is 1.64. The van der Waals surface area contributed by atoms with Crippen molar-refractivity contribution in [3.8, 4) is 0 Å². The molecular weight excluding hydrogens is 1690 g/mol. The van der Waals surface area contributed by atoms with Gasteiger partial charge < -0.3 is 69.5 Å². The standard InChI is InChI=1S/C50H81N5O8S.C35H55N5O5S.C14H27NO4.CH4/c1-15-34(6)45(54(12)49(60)37(32(2)3)30-40(56)44(33(4)5)53(11)26-20-24-43(58)63-50(8,9)10)41(61-13)31-42(57)55-27-19-23-39(55)46(62-14)35(7)47(59)52-38(48-51-25-28-64-48)29-36-21-17-16-18-22-36;1-9-23(4)31(39(6)35(43)30(36)22(2)3)28(44-7)21-29(41)40-18-13-16-27(40)32(45-8)24(5)33(42)38-26(34-37-17-19-46-34)20-25-14-11-10-12-15-25;1-10(2)12(13(17)18)15(6)9-7-8-11(16)19-14(3,4)5;/h16-18,21-22,25,28,32-35,37-39,41,44-46H,15,19-20,23-24,26-27,29-31H2,1-14H3,(H,52,59);10-12,14-15,17,19,22-24,26-28,30-32H,9,13,16,18,20-21,36H2,1-8H3,(H,38,42);10,12H,7-9H2,1-6H3,(H,17,18);1H4/t34-,35+,37-,38-,39-,41+,44-,45-,46+;23-,24+,26-,27-,28+,30-,31-,32+;12-;/m000./s1. The number of carboxylic acid groups (broad SMARTS) is 1. The molecule has 6 rings (SSSR count). The molecule has 5 N–H and O–H groups in total. The normalized spacial score (nSPS) is 17.9. The van der Waals surface area contributed by atoms with Gasteiger partial charge in [-0.2, -0.15) is 0 Å². The number of likely N-dealkylation sites (N-methyl/N-ethyl adjacent to an activating group) is 4. The Kier molecular flexibility index (Phi) is 51.2. The van der Waals surface area contributed by atoms with E-state index in [9.17, 15) is 47.9 Å². The molecule has 0 aliphatic carbocycles. The van der Waals surface area contributed by atoms with Gasteiger partial charge in [-0.05, 0) is 167 Å². The molecule has 2 saturated heterocycles. The van der Waals surface area contributed by atoms with Gasteiger partial charge in [-0.1, -0.05) is 178 Å². The molecule has 2 aromatic heterocycles. The zero-order valence-corrected chi connectivity index (χ0v) is 84.8. The van der Waals surface area contributed by atoms with Crippen LogP contribution >= 0.6 is 22.7 Å². The highest BCUT2D eigenvalue weighted by molar-refractivity contribution is 7.09. The topological polar surface area (TPSA) is 342 Å². The lowest BCUT2D eigenvalue weighted by atomic mass is 9.83. The molecule has 0 saturated carbocycles. The highest BCUT2D eigenvalue weighted by Gasteiger charge is 2.47. The quantitative estimate of drug-likeness (QED) is 0.0298. The van der Waals surface area contributed by atoms with Gasteiger partial charge in [0, 0.05) is 104 Å². The number of ether oxygens (including phenoxy) is 6. The van der Waals surface area contributed by atoms with E-state index < -0.39 is 83.5 Å². The van der Waals surface area contributed by atoms with Gasteiger partial charge in [-0.3, -0.25) is 57.7 Å². The van der Waals surface area contributed by atoms with Gasteiger partial charge in [-0.25, -0.2) is 9.97 Å². The van der Waals surface area contributed by atoms with Crippen LogP contribution in [0.5, 0.6) is 0 Å². The number of Topliss-reactive ketones (excluding diaryl/α,β-unsaturated/α-hetero) is 1. The third kappa shape index (κ3) is 36.6. The zero-order chi connectivity index (χ0) is 97.1. The first kappa shape index (κ1) is 116. The number of thiazole rings is 2. The van der Waals surface area contributed by atoms with E-state index in [1.54, 1.807) is 76.7 Å². The maximum atomic E-state index is 14.6. The van der Waals surface area contributed by atoms with Gasteiger partial charge in [0.15, 0.2) is 5.78 Å². The monoisotopic (exact) mass is 1860 g/mol. The van der Waals surface area contributed by atoms with Crippen molar-refractivity contribution in [1.82, 2.24) is 50.0 Å². The maximum absolute atomic E-state index is 14.6. The molecular formula is C100H167N11O17S2. The van der Waals surface area contributed by atoms with Crippen LogP contribution in [0.1, 0.15) is 263 Å². The second-order valence-corrected chi connectivity index (χ2v) is 40.6. The van der Waals surface area contributed by atoms with Crippen molar-refractivity contribution in [3.05, 3.63) is 105 Å². The van der Waals surface area contributed by atoms with Crippen LogP contribution in [0.2, 0.25) is 0 Å². The van der Waals surface area contributed by atoms with Crippen molar-refractivity contribution in [2.24, 2.45) is 59.0 Å². The summed E-state index contributed by atoms with van der Waals surface area (Å²) in [6.45, 7) is 40.8. The first-order valence-corrected chi connectivity index (χ1v) is 48.5. The number of hydrogen-bond donors (Lipinski definition) is 4. The number of nitrogens with one attached hydrogen (secondary N) is 2. The zero-order valence-electron chi connectivity index (χ0n) is 83.2. The first-order chi connectivity index (χ1) is 60.6. The van der Waals surface area contributed by atoms with Crippen LogP contribution in [0.15, 0.2) is 83.8 Å². The minimum atomic E-state index is -0.824. The molecule has 28 nitrogen and oxygen atoms in total. The predicted octanol–water partition coefficient (Wildman–Crippen LogP) is 15.0. The fourth-order valence-electron chi connectivity index (χ4n) is 18.0. The fraction of sp³-hybridized carbons (Fsp3) is 0.720. The van der Waals surface area contributed by atoms with E-state index in [1.165, 1.54) is 22.7 Å². The third-order valence-corrected chi connectivity index (χ3v) is 27.0. The summed E-state index contributed by atoms with van der Waals surface area (Å²) in [5.41, 5.74) is 7.41. The van der Waals surface area contributed by atoms with Gasteiger partial charge >= 0.3 is 17.9 Å². The maximum Gasteiger partial charge on any atom is 0.321 e. The molecule has 2 aromatic carbocycles. The number of methoxy groups -OCH3 is 4. The molecule has 130 heavy (non-hydrogen) atoms. The lowest BCUT2D eigenvalue weighted by molar-refractivity contribution is -0.156.